The number of carboxylic acid groups (broad SMARTS) is 1. The van der Waals surface area contributed by atoms with Gasteiger partial charge >= 0.3 is 5.97 Å². The van der Waals surface area contributed by atoms with E-state index in [4.69, 9.17) is 4.74 Å². The Kier molecular flexibility index (Phi) is 5.24. The van der Waals surface area contributed by atoms with E-state index in [1.807, 2.05) is 19.1 Å². The Labute approximate surface area is 138 Å². The van der Waals surface area contributed by atoms with Crippen molar-refractivity contribution in [1.82, 2.24) is 4.90 Å². The highest BCUT2D eigenvalue weighted by molar-refractivity contribution is 9.10. The number of halogens is 1. The monoisotopic (exact) mass is 369 g/mol. The van der Waals surface area contributed by atoms with Gasteiger partial charge in [0.15, 0.2) is 0 Å². The van der Waals surface area contributed by atoms with Gasteiger partial charge in [0.1, 0.15) is 5.41 Å². The summed E-state index contributed by atoms with van der Waals surface area (Å²) in [7, 11) is 1.49. The molecule has 1 aromatic carbocycles. The molecule has 22 heavy (non-hydrogen) atoms. The average molecular weight is 370 g/mol. The van der Waals surface area contributed by atoms with Gasteiger partial charge in [-0.05, 0) is 53.4 Å². The van der Waals surface area contributed by atoms with Gasteiger partial charge < -0.3 is 14.7 Å². The maximum Gasteiger partial charge on any atom is 0.313 e. The fourth-order valence-electron chi connectivity index (χ4n) is 2.90. The van der Waals surface area contributed by atoms with Gasteiger partial charge in [-0.15, -0.1) is 0 Å². The van der Waals surface area contributed by atoms with Crippen molar-refractivity contribution < 1.29 is 19.4 Å². The highest BCUT2D eigenvalue weighted by Crippen LogP contribution is 2.32. The van der Waals surface area contributed by atoms with Gasteiger partial charge in [0.25, 0.3) is 5.91 Å². The van der Waals surface area contributed by atoms with Crippen LogP contribution in [0.3, 0.4) is 0 Å². The standard InChI is InChI=1S/C16H20BrNO4/c1-11-4-5-12(13(17)8-11)14(19)18-7-3-6-16(9-18,10-22-2)15(20)21/h4-5,8H,3,6-7,9-10H2,1-2H3,(H,20,21). The summed E-state index contributed by atoms with van der Waals surface area (Å²) in [6.07, 6.45) is 1.18. The molecule has 5 nitrogen and oxygen atoms in total. The summed E-state index contributed by atoms with van der Waals surface area (Å²) in [6.45, 7) is 2.81. The van der Waals surface area contributed by atoms with Crippen LogP contribution in [0.25, 0.3) is 0 Å². The largest absolute Gasteiger partial charge is 0.481 e. The van der Waals surface area contributed by atoms with Crippen LogP contribution in [0.1, 0.15) is 28.8 Å². The van der Waals surface area contributed by atoms with Gasteiger partial charge in [-0.3, -0.25) is 9.59 Å². The van der Waals surface area contributed by atoms with Crippen LogP contribution in [-0.4, -0.2) is 48.7 Å². The van der Waals surface area contributed by atoms with E-state index in [1.165, 1.54) is 7.11 Å². The van der Waals surface area contributed by atoms with Crippen LogP contribution in [0.2, 0.25) is 0 Å². The molecule has 1 aliphatic heterocycles. The molecular formula is C16H20BrNO4. The Morgan fingerprint density at radius 2 is 2.18 bits per heavy atom. The number of aliphatic carboxylic acids is 1. The number of likely N-dealkylation sites (tertiary alicyclic amines) is 1. The number of aryl methyl sites for hydroxylation is 1. The summed E-state index contributed by atoms with van der Waals surface area (Å²) in [5, 5.41) is 9.55. The van der Waals surface area contributed by atoms with Crippen LogP contribution in [0.4, 0.5) is 0 Å². The van der Waals surface area contributed by atoms with E-state index in [0.29, 0.717) is 24.9 Å². The molecule has 1 atom stereocenters. The lowest BCUT2D eigenvalue weighted by molar-refractivity contribution is -0.155. The molecule has 120 valence electrons. The Morgan fingerprint density at radius 3 is 2.77 bits per heavy atom. The second-order valence-electron chi connectivity index (χ2n) is 5.83. The zero-order valence-corrected chi connectivity index (χ0v) is 14.4. The highest BCUT2D eigenvalue weighted by atomic mass is 79.9. The summed E-state index contributed by atoms with van der Waals surface area (Å²) >= 11 is 3.41. The third-order valence-electron chi connectivity index (χ3n) is 4.09. The van der Waals surface area contributed by atoms with Crippen LogP contribution in [0.15, 0.2) is 22.7 Å². The third-order valence-corrected chi connectivity index (χ3v) is 4.75. The SMILES string of the molecule is COCC1(C(=O)O)CCCN(C(=O)c2ccc(C)cc2Br)C1. The predicted molar refractivity (Wildman–Crippen MR) is 86.0 cm³/mol. The number of nitrogens with zero attached hydrogens (tertiary/aromatic N) is 1. The lowest BCUT2D eigenvalue weighted by Gasteiger charge is -2.39. The number of carbonyl (C=O) groups excluding carboxylic acids is 1. The number of hydrogen-bond acceptors (Lipinski definition) is 3. The number of amides is 1. The molecular weight excluding hydrogens is 350 g/mol. The number of piperidine rings is 1. The van der Waals surface area contributed by atoms with E-state index >= 15 is 0 Å². The Morgan fingerprint density at radius 1 is 1.45 bits per heavy atom. The van der Waals surface area contributed by atoms with Crippen molar-refractivity contribution in [2.24, 2.45) is 5.41 Å². The Bertz CT molecular complexity index is 586. The van der Waals surface area contributed by atoms with Crippen LogP contribution in [0.5, 0.6) is 0 Å². The van der Waals surface area contributed by atoms with E-state index in [0.717, 1.165) is 10.0 Å². The normalized spacial score (nSPS) is 21.7. The second-order valence-corrected chi connectivity index (χ2v) is 6.69. The van der Waals surface area contributed by atoms with Crippen molar-refractivity contribution in [3.8, 4) is 0 Å². The predicted octanol–water partition coefficient (Wildman–Crippen LogP) is 2.71. The van der Waals surface area contributed by atoms with Crippen LogP contribution in [0, 0.1) is 12.3 Å². The van der Waals surface area contributed by atoms with Gasteiger partial charge in [0.05, 0.1) is 12.2 Å². The number of benzene rings is 1. The van der Waals surface area contributed by atoms with Gasteiger partial charge in [-0.2, -0.15) is 0 Å². The molecule has 1 amide bonds. The van der Waals surface area contributed by atoms with Crippen molar-refractivity contribution in [1.29, 1.82) is 0 Å². The first-order valence-corrected chi connectivity index (χ1v) is 7.97. The number of methoxy groups -OCH3 is 1. The van der Waals surface area contributed by atoms with E-state index in [9.17, 15) is 14.7 Å². The number of ether oxygens (including phenoxy) is 1. The molecule has 1 saturated heterocycles. The molecule has 1 heterocycles. The van der Waals surface area contributed by atoms with Crippen molar-refractivity contribution >= 4 is 27.8 Å². The first-order valence-electron chi connectivity index (χ1n) is 7.17. The Balaban J connectivity index is 2.24. The van der Waals surface area contributed by atoms with Crippen molar-refractivity contribution in [3.05, 3.63) is 33.8 Å². The number of carbonyl (C=O) groups is 2. The van der Waals surface area contributed by atoms with Gasteiger partial charge in [-0.1, -0.05) is 6.07 Å². The minimum absolute atomic E-state index is 0.112. The molecule has 1 aromatic rings. The molecule has 2 rings (SSSR count). The van der Waals surface area contributed by atoms with Crippen molar-refractivity contribution in [2.75, 3.05) is 26.8 Å². The lowest BCUT2D eigenvalue weighted by atomic mass is 9.80. The molecule has 1 unspecified atom stereocenters. The maximum atomic E-state index is 12.7. The van der Waals surface area contributed by atoms with Gasteiger partial charge in [-0.25, -0.2) is 0 Å². The molecule has 0 radical (unpaired) electrons. The quantitative estimate of drug-likeness (QED) is 0.885. The summed E-state index contributed by atoms with van der Waals surface area (Å²) in [4.78, 5) is 26.0. The molecule has 1 N–H and O–H groups in total. The first-order chi connectivity index (χ1) is 10.4. The number of hydrogen-bond donors (Lipinski definition) is 1. The summed E-state index contributed by atoms with van der Waals surface area (Å²) in [5.41, 5.74) is 0.602. The lowest BCUT2D eigenvalue weighted by Crippen LogP contribution is -2.52. The minimum atomic E-state index is -1.01. The fourth-order valence-corrected chi connectivity index (χ4v) is 3.56. The van der Waals surface area contributed by atoms with Crippen LogP contribution in [-0.2, 0) is 9.53 Å². The second kappa shape index (κ2) is 6.79. The zero-order chi connectivity index (χ0) is 16.3. The van der Waals surface area contributed by atoms with E-state index in [1.54, 1.807) is 11.0 Å². The smallest absolute Gasteiger partial charge is 0.313 e. The van der Waals surface area contributed by atoms with E-state index in [-0.39, 0.29) is 19.1 Å². The number of carboxylic acids is 1. The first kappa shape index (κ1) is 17.0. The molecule has 0 aliphatic carbocycles. The topological polar surface area (TPSA) is 66.8 Å². The molecule has 0 spiro atoms. The third kappa shape index (κ3) is 3.33. The zero-order valence-electron chi connectivity index (χ0n) is 12.8. The average Bonchev–Trinajstić information content (AvgIpc) is 2.47. The van der Waals surface area contributed by atoms with Gasteiger partial charge in [0.2, 0.25) is 0 Å². The van der Waals surface area contributed by atoms with Gasteiger partial charge in [0, 0.05) is 24.7 Å². The summed E-state index contributed by atoms with van der Waals surface area (Å²) in [5.74, 6) is -1.05. The number of rotatable bonds is 4. The summed E-state index contributed by atoms with van der Waals surface area (Å²) in [6, 6.07) is 5.54. The minimum Gasteiger partial charge on any atom is -0.481 e. The maximum absolute atomic E-state index is 12.7. The highest BCUT2D eigenvalue weighted by Gasteiger charge is 2.44. The molecule has 0 aromatic heterocycles. The van der Waals surface area contributed by atoms with Crippen molar-refractivity contribution in [3.63, 3.8) is 0 Å². The summed E-state index contributed by atoms with van der Waals surface area (Å²) < 4.78 is 5.82. The molecule has 0 bridgehead atoms. The van der Waals surface area contributed by atoms with Crippen LogP contribution < -0.4 is 0 Å². The molecule has 1 aliphatic rings. The fraction of sp³-hybridized carbons (Fsp3) is 0.500. The van der Waals surface area contributed by atoms with E-state index in [2.05, 4.69) is 15.9 Å². The van der Waals surface area contributed by atoms with Crippen LogP contribution >= 0.6 is 15.9 Å². The van der Waals surface area contributed by atoms with Crippen molar-refractivity contribution in [2.45, 2.75) is 19.8 Å². The molecule has 0 saturated carbocycles. The van der Waals surface area contributed by atoms with E-state index < -0.39 is 11.4 Å². The Hall–Kier alpha value is -1.40. The molecule has 6 heteroatoms. The molecule has 1 fully saturated rings.